The quantitative estimate of drug-likeness (QED) is 0.444. The molecule has 0 aliphatic carbocycles. The lowest BCUT2D eigenvalue weighted by Gasteiger charge is -2.23. The zero-order valence-corrected chi connectivity index (χ0v) is 19.6. The number of aromatic nitrogens is 1. The molecule has 3 amide bonds. The summed E-state index contributed by atoms with van der Waals surface area (Å²) in [5.41, 5.74) is 5.66. The highest BCUT2D eigenvalue weighted by atomic mass is 79.9. The highest BCUT2D eigenvalue weighted by Crippen LogP contribution is 2.29. The summed E-state index contributed by atoms with van der Waals surface area (Å²) in [5.74, 6) is -2.76. The maximum atomic E-state index is 14.5. The molecule has 4 rings (SSSR count). The summed E-state index contributed by atoms with van der Waals surface area (Å²) in [5, 5.41) is 12.3. The van der Waals surface area contributed by atoms with Gasteiger partial charge in [0.15, 0.2) is 5.78 Å². The zero-order valence-electron chi connectivity index (χ0n) is 18.0. The summed E-state index contributed by atoms with van der Waals surface area (Å²) < 4.78 is 29.8. The number of amides is 3. The minimum absolute atomic E-state index is 0.129. The van der Waals surface area contributed by atoms with Crippen molar-refractivity contribution in [1.29, 1.82) is 0 Å². The van der Waals surface area contributed by atoms with E-state index in [2.05, 4.69) is 21.2 Å². The average Bonchev–Trinajstić information content (AvgIpc) is 3.38. The molecule has 2 atom stereocenters. The molecule has 9 nitrogen and oxygen atoms in total. The van der Waals surface area contributed by atoms with Crippen LogP contribution in [0.1, 0.15) is 22.3 Å². The van der Waals surface area contributed by atoms with E-state index in [1.54, 1.807) is 24.3 Å². The van der Waals surface area contributed by atoms with Crippen molar-refractivity contribution in [3.05, 3.63) is 64.0 Å². The number of hydrogen-bond donors (Lipinski definition) is 3. The van der Waals surface area contributed by atoms with Crippen LogP contribution >= 0.6 is 15.9 Å². The predicted molar refractivity (Wildman–Crippen MR) is 126 cm³/mol. The number of fused-ring (bicyclic) bond motifs is 1. The normalized spacial score (nSPS) is 17.5. The number of ketones is 1. The van der Waals surface area contributed by atoms with Crippen LogP contribution < -0.4 is 11.1 Å². The topological polar surface area (TPSA) is 135 Å². The molecule has 1 saturated heterocycles. The van der Waals surface area contributed by atoms with Crippen molar-refractivity contribution < 1.29 is 33.1 Å². The number of carboxylic acid groups (broad SMARTS) is 1. The number of para-hydroxylation sites is 1. The number of nitrogens with two attached hydrogens (primary N) is 1. The number of benzene rings is 2. The Morgan fingerprint density at radius 3 is 2.60 bits per heavy atom. The van der Waals surface area contributed by atoms with E-state index in [1.165, 1.54) is 6.20 Å². The Hall–Kier alpha value is -3.80. The fourth-order valence-electron chi connectivity index (χ4n) is 4.17. The van der Waals surface area contributed by atoms with Gasteiger partial charge < -0.3 is 21.1 Å². The largest absolute Gasteiger partial charge is 0.478 e. The van der Waals surface area contributed by atoms with Gasteiger partial charge in [-0.3, -0.25) is 9.36 Å². The van der Waals surface area contributed by atoms with Gasteiger partial charge in [0.1, 0.15) is 12.0 Å². The van der Waals surface area contributed by atoms with Crippen molar-refractivity contribution in [3.8, 4) is 0 Å². The van der Waals surface area contributed by atoms with Gasteiger partial charge in [-0.2, -0.15) is 0 Å². The maximum absolute atomic E-state index is 14.5. The standard InChI is InChI=1S/C23H19BrF2N4O5/c24-15-6-12(21(32)33)5-11(20(15)26)7-19(31)18-8-13(25)9-30(18)23(35)28-16-10-29(22(27)34)17-4-2-1-3-14(16)17/h1-6,10,13,18H,7-9H2,(H2,27,34)(H,28,35)(H,32,33)/t13-,18+/m1/s1. The first-order valence-electron chi connectivity index (χ1n) is 10.4. The molecule has 2 heterocycles. The van der Waals surface area contributed by atoms with Crippen molar-refractivity contribution in [2.75, 3.05) is 11.9 Å². The molecule has 1 aliphatic rings. The Bertz CT molecular complexity index is 1380. The Morgan fingerprint density at radius 2 is 1.91 bits per heavy atom. The highest BCUT2D eigenvalue weighted by Gasteiger charge is 2.40. The van der Waals surface area contributed by atoms with Gasteiger partial charge in [0.2, 0.25) is 0 Å². The molecule has 1 fully saturated rings. The first kappa shape index (κ1) is 24.3. The molecule has 35 heavy (non-hydrogen) atoms. The number of Topliss-reactive ketones (excluding diaryl/α,β-unsaturated/α-hetero) is 1. The number of primary amides is 1. The van der Waals surface area contributed by atoms with Gasteiger partial charge in [-0.1, -0.05) is 18.2 Å². The molecule has 0 unspecified atom stereocenters. The van der Waals surface area contributed by atoms with E-state index in [0.29, 0.717) is 10.9 Å². The molecule has 0 radical (unpaired) electrons. The predicted octanol–water partition coefficient (Wildman–Crippen LogP) is 3.92. The zero-order chi connectivity index (χ0) is 25.4. The number of likely N-dealkylation sites (tertiary alicyclic amines) is 1. The third-order valence-corrected chi connectivity index (χ3v) is 6.37. The monoisotopic (exact) mass is 548 g/mol. The number of carboxylic acids is 1. The van der Waals surface area contributed by atoms with Gasteiger partial charge in [-0.25, -0.2) is 23.2 Å². The fraction of sp³-hybridized carbons (Fsp3) is 0.217. The Kier molecular flexibility index (Phi) is 6.57. The van der Waals surface area contributed by atoms with Crippen LogP contribution in [0, 0.1) is 5.82 Å². The minimum Gasteiger partial charge on any atom is -0.478 e. The van der Waals surface area contributed by atoms with E-state index in [9.17, 15) is 33.1 Å². The molecule has 3 aromatic rings. The van der Waals surface area contributed by atoms with Crippen molar-refractivity contribution in [3.63, 3.8) is 0 Å². The molecule has 2 aromatic carbocycles. The number of urea groups is 1. The van der Waals surface area contributed by atoms with Gasteiger partial charge in [0.25, 0.3) is 0 Å². The second-order valence-electron chi connectivity index (χ2n) is 8.08. The van der Waals surface area contributed by atoms with E-state index < -0.39 is 48.3 Å². The van der Waals surface area contributed by atoms with Gasteiger partial charge in [-0.05, 0) is 39.7 Å². The second-order valence-corrected chi connectivity index (χ2v) is 8.93. The number of alkyl halides is 1. The van der Waals surface area contributed by atoms with Crippen molar-refractivity contribution in [1.82, 2.24) is 9.47 Å². The van der Waals surface area contributed by atoms with Gasteiger partial charge in [0.05, 0.1) is 33.8 Å². The van der Waals surface area contributed by atoms with Gasteiger partial charge in [-0.15, -0.1) is 0 Å². The lowest BCUT2D eigenvalue weighted by Crippen LogP contribution is -2.43. The number of hydrogen-bond acceptors (Lipinski definition) is 4. The second kappa shape index (κ2) is 9.45. The molecule has 0 spiro atoms. The van der Waals surface area contributed by atoms with E-state index >= 15 is 0 Å². The van der Waals surface area contributed by atoms with Crippen LogP contribution in [-0.4, -0.2) is 57.1 Å². The highest BCUT2D eigenvalue weighted by molar-refractivity contribution is 9.10. The molecule has 4 N–H and O–H groups in total. The number of nitrogens with zero attached hydrogens (tertiary/aromatic N) is 2. The summed E-state index contributed by atoms with van der Waals surface area (Å²) in [6, 6.07) is 6.04. The van der Waals surface area contributed by atoms with Crippen LogP contribution in [0.5, 0.6) is 0 Å². The number of anilines is 1. The number of halogens is 3. The fourth-order valence-corrected chi connectivity index (χ4v) is 4.67. The van der Waals surface area contributed by atoms with Crippen molar-refractivity contribution in [2.45, 2.75) is 25.1 Å². The van der Waals surface area contributed by atoms with Crippen molar-refractivity contribution >= 4 is 56.3 Å². The van der Waals surface area contributed by atoms with Crippen LogP contribution in [0.25, 0.3) is 10.9 Å². The Balaban J connectivity index is 1.58. The molecule has 1 aliphatic heterocycles. The molecule has 182 valence electrons. The minimum atomic E-state index is -1.48. The Morgan fingerprint density at radius 1 is 1.20 bits per heavy atom. The number of aromatic carboxylic acids is 1. The summed E-state index contributed by atoms with van der Waals surface area (Å²) in [6.07, 6.45) is -0.969. The van der Waals surface area contributed by atoms with Crippen molar-refractivity contribution in [2.24, 2.45) is 5.73 Å². The van der Waals surface area contributed by atoms with Crippen LogP contribution in [0.2, 0.25) is 0 Å². The SMILES string of the molecule is NC(=O)n1cc(NC(=O)N2C[C@H](F)C[C@H]2C(=O)Cc2cc(C(=O)O)cc(Br)c2F)c2ccccc21. The summed E-state index contributed by atoms with van der Waals surface area (Å²) in [4.78, 5) is 50.1. The number of rotatable bonds is 5. The summed E-state index contributed by atoms with van der Waals surface area (Å²) in [7, 11) is 0. The summed E-state index contributed by atoms with van der Waals surface area (Å²) >= 11 is 2.93. The molecular formula is C23H19BrF2N4O5. The third kappa shape index (κ3) is 4.74. The molecule has 1 aromatic heterocycles. The van der Waals surface area contributed by atoms with Crippen LogP contribution in [0.4, 0.5) is 24.1 Å². The maximum Gasteiger partial charge on any atom is 0.335 e. The van der Waals surface area contributed by atoms with E-state index in [4.69, 9.17) is 5.73 Å². The lowest BCUT2D eigenvalue weighted by atomic mass is 9.99. The number of carbonyl (C=O) groups excluding carboxylic acids is 3. The first-order chi connectivity index (χ1) is 16.6. The smallest absolute Gasteiger partial charge is 0.335 e. The van der Waals surface area contributed by atoms with Crippen LogP contribution in [0.3, 0.4) is 0 Å². The van der Waals surface area contributed by atoms with E-state index in [-0.39, 0.29) is 34.3 Å². The number of nitrogens with one attached hydrogen (secondary N) is 1. The van der Waals surface area contributed by atoms with Gasteiger partial charge >= 0.3 is 18.0 Å². The Labute approximate surface area is 205 Å². The number of carbonyl (C=O) groups is 4. The van der Waals surface area contributed by atoms with Gasteiger partial charge in [0, 0.05) is 24.4 Å². The first-order valence-corrected chi connectivity index (χ1v) is 11.2. The summed E-state index contributed by atoms with van der Waals surface area (Å²) in [6.45, 7) is -0.363. The molecule has 0 bridgehead atoms. The molecule has 0 saturated carbocycles. The van der Waals surface area contributed by atoms with Crippen LogP contribution in [-0.2, 0) is 11.2 Å². The van der Waals surface area contributed by atoms with E-state index in [0.717, 1.165) is 21.6 Å². The molecular weight excluding hydrogens is 530 g/mol. The molecule has 12 heteroatoms. The van der Waals surface area contributed by atoms with Crippen LogP contribution in [0.15, 0.2) is 47.1 Å². The average molecular weight is 549 g/mol. The third-order valence-electron chi connectivity index (χ3n) is 5.79. The van der Waals surface area contributed by atoms with E-state index in [1.807, 2.05) is 0 Å². The lowest BCUT2D eigenvalue weighted by molar-refractivity contribution is -0.122.